The SMILES string of the molecule is Cn1cc(S(=O)(=O)N(C2COC2)[C@H]2CCC3=Cc4c(cnn4-c4ccc(F)cc4)C[C@]3(C(=O)c3cc(C(F)(F)F)ccn3)C2)cn1. The maximum Gasteiger partial charge on any atom is 0.416 e. The number of benzene rings is 1. The third-order valence-corrected chi connectivity index (χ3v) is 11.0. The van der Waals surface area contributed by atoms with Crippen LogP contribution < -0.4 is 0 Å². The summed E-state index contributed by atoms with van der Waals surface area (Å²) in [4.78, 5) is 18.6. The van der Waals surface area contributed by atoms with Crippen molar-refractivity contribution < 1.29 is 35.5 Å². The van der Waals surface area contributed by atoms with Gasteiger partial charge in [0.15, 0.2) is 5.78 Å². The van der Waals surface area contributed by atoms with E-state index in [1.165, 1.54) is 33.5 Å². The standard InChI is InChI=1S/C31H28F4N6O4S/c1-39-16-26(15-37-39)46(43,44)41(25-17-45-18-25)24-5-2-20-11-28-19(14-38-40(28)23-6-3-22(32)4-7-23)12-30(20,13-24)29(42)27-10-21(8-9-36-27)31(33,34)35/h3-4,6-11,14-16,24-25H,2,5,12-13,17-18H2,1H3/t24-,30-/m0/s1. The Morgan fingerprint density at radius 2 is 1.85 bits per heavy atom. The molecule has 0 N–H and O–H groups in total. The lowest BCUT2D eigenvalue weighted by molar-refractivity contribution is -0.137. The van der Waals surface area contributed by atoms with Gasteiger partial charge in [-0.3, -0.25) is 14.5 Å². The topological polar surface area (TPSA) is 112 Å². The summed E-state index contributed by atoms with van der Waals surface area (Å²) in [5.41, 5.74) is -0.233. The van der Waals surface area contributed by atoms with Crippen LogP contribution in [0.5, 0.6) is 0 Å². The van der Waals surface area contributed by atoms with Gasteiger partial charge in [-0.25, -0.2) is 17.5 Å². The van der Waals surface area contributed by atoms with E-state index < -0.39 is 50.9 Å². The van der Waals surface area contributed by atoms with Crippen molar-refractivity contribution in [1.82, 2.24) is 28.9 Å². The number of fused-ring (bicyclic) bond motifs is 2. The van der Waals surface area contributed by atoms with Crippen molar-refractivity contribution >= 4 is 21.9 Å². The largest absolute Gasteiger partial charge is 0.416 e. The van der Waals surface area contributed by atoms with Crippen LogP contribution in [0, 0.1) is 11.2 Å². The summed E-state index contributed by atoms with van der Waals surface area (Å²) in [6.45, 7) is 0.340. The third kappa shape index (κ3) is 5.06. The van der Waals surface area contributed by atoms with Gasteiger partial charge in [0.25, 0.3) is 0 Å². The van der Waals surface area contributed by atoms with E-state index in [9.17, 15) is 30.8 Å². The second kappa shape index (κ2) is 11.0. The molecule has 0 radical (unpaired) electrons. The molecule has 15 heteroatoms. The van der Waals surface area contributed by atoms with E-state index in [1.54, 1.807) is 30.1 Å². The molecule has 0 amide bonds. The fourth-order valence-electron chi connectivity index (χ4n) is 6.78. The van der Waals surface area contributed by atoms with E-state index in [-0.39, 0.29) is 43.1 Å². The summed E-state index contributed by atoms with van der Waals surface area (Å²) >= 11 is 0. The number of pyridine rings is 1. The fourth-order valence-corrected chi connectivity index (χ4v) is 8.58. The van der Waals surface area contributed by atoms with Crippen molar-refractivity contribution in [1.29, 1.82) is 0 Å². The minimum absolute atomic E-state index is 0.00494. The van der Waals surface area contributed by atoms with E-state index in [4.69, 9.17) is 4.74 Å². The summed E-state index contributed by atoms with van der Waals surface area (Å²) in [5, 5.41) is 8.53. The maximum atomic E-state index is 14.6. The monoisotopic (exact) mass is 656 g/mol. The number of halogens is 4. The van der Waals surface area contributed by atoms with E-state index >= 15 is 0 Å². The molecule has 46 heavy (non-hydrogen) atoms. The first-order valence-corrected chi connectivity index (χ1v) is 16.0. The molecule has 2 atom stereocenters. The van der Waals surface area contributed by atoms with Crippen molar-refractivity contribution in [3.8, 4) is 5.69 Å². The number of rotatable bonds is 7. The van der Waals surface area contributed by atoms with Crippen LogP contribution in [0.15, 0.2) is 71.7 Å². The maximum absolute atomic E-state index is 14.6. The first kappa shape index (κ1) is 30.4. The number of Topliss-reactive ketones (excluding diaryl/α,β-unsaturated/α-hetero) is 1. The number of alkyl halides is 3. The minimum atomic E-state index is -4.70. The number of carbonyl (C=O) groups is 1. The summed E-state index contributed by atoms with van der Waals surface area (Å²) in [6, 6.07) is 6.13. The van der Waals surface area contributed by atoms with Crippen molar-refractivity contribution in [2.45, 2.75) is 48.8 Å². The quantitative estimate of drug-likeness (QED) is 0.211. The molecule has 3 aromatic heterocycles. The molecular formula is C31H28F4N6O4S. The predicted octanol–water partition coefficient (Wildman–Crippen LogP) is 4.61. The van der Waals surface area contributed by atoms with Gasteiger partial charge in [-0.1, -0.05) is 5.57 Å². The van der Waals surface area contributed by atoms with Gasteiger partial charge in [-0.15, -0.1) is 0 Å². The highest BCUT2D eigenvalue weighted by Gasteiger charge is 2.53. The van der Waals surface area contributed by atoms with Gasteiger partial charge < -0.3 is 4.74 Å². The molecule has 4 aromatic rings. The molecule has 1 saturated heterocycles. The van der Waals surface area contributed by atoms with Crippen LogP contribution in [0.25, 0.3) is 11.8 Å². The number of hydrogen-bond acceptors (Lipinski definition) is 7. The zero-order valence-corrected chi connectivity index (χ0v) is 25.3. The van der Waals surface area contributed by atoms with Crippen LogP contribution >= 0.6 is 0 Å². The lowest BCUT2D eigenvalue weighted by atomic mass is 9.60. The van der Waals surface area contributed by atoms with Gasteiger partial charge in [0, 0.05) is 25.5 Å². The smallest absolute Gasteiger partial charge is 0.378 e. The van der Waals surface area contributed by atoms with Gasteiger partial charge in [-0.05, 0) is 73.7 Å². The normalized spacial score (nSPS) is 21.8. The molecular weight excluding hydrogens is 628 g/mol. The molecule has 1 aliphatic heterocycles. The molecule has 1 aromatic carbocycles. The molecule has 4 heterocycles. The molecule has 10 nitrogen and oxygen atoms in total. The van der Waals surface area contributed by atoms with E-state index in [2.05, 4.69) is 15.2 Å². The Balaban J connectivity index is 1.34. The molecule has 3 aliphatic rings. The van der Waals surface area contributed by atoms with Gasteiger partial charge in [0.05, 0.1) is 54.0 Å². The van der Waals surface area contributed by atoms with Crippen LogP contribution in [-0.4, -0.2) is 68.3 Å². The Bertz CT molecular complexity index is 1970. The van der Waals surface area contributed by atoms with Crippen LogP contribution in [0.3, 0.4) is 0 Å². The molecule has 0 spiro atoms. The molecule has 0 bridgehead atoms. The number of hydrogen-bond donors (Lipinski definition) is 0. The van der Waals surface area contributed by atoms with E-state index in [1.807, 2.05) is 6.08 Å². The molecule has 240 valence electrons. The fraction of sp³-hybridized carbons (Fsp3) is 0.355. The van der Waals surface area contributed by atoms with Gasteiger partial charge in [-0.2, -0.15) is 27.7 Å². The molecule has 7 rings (SSSR count). The Morgan fingerprint density at radius 1 is 1.09 bits per heavy atom. The number of carbonyl (C=O) groups excluding carboxylic acids is 1. The molecule has 2 fully saturated rings. The Hall–Kier alpha value is -4.21. The summed E-state index contributed by atoms with van der Waals surface area (Å²) in [5.74, 6) is -1.04. The second-order valence-corrected chi connectivity index (χ2v) is 13.7. The molecule has 0 unspecified atom stereocenters. The zero-order chi connectivity index (χ0) is 32.4. The number of ketones is 1. The average Bonchev–Trinajstić information content (AvgIpc) is 3.63. The van der Waals surface area contributed by atoms with Crippen molar-refractivity contribution in [2.24, 2.45) is 12.5 Å². The molecule has 1 saturated carbocycles. The van der Waals surface area contributed by atoms with Crippen LogP contribution in [-0.2, 0) is 34.4 Å². The highest BCUT2D eigenvalue weighted by Crippen LogP contribution is 2.52. The lowest BCUT2D eigenvalue weighted by Gasteiger charge is -2.49. The van der Waals surface area contributed by atoms with Crippen molar-refractivity contribution in [2.75, 3.05) is 13.2 Å². The van der Waals surface area contributed by atoms with Gasteiger partial charge in [0.1, 0.15) is 16.4 Å². The van der Waals surface area contributed by atoms with E-state index in [0.717, 1.165) is 18.3 Å². The zero-order valence-electron chi connectivity index (χ0n) is 24.5. The number of ether oxygens (including phenoxy) is 1. The van der Waals surface area contributed by atoms with Gasteiger partial charge in [0.2, 0.25) is 10.0 Å². The predicted molar refractivity (Wildman–Crippen MR) is 156 cm³/mol. The molecule has 2 aliphatic carbocycles. The summed E-state index contributed by atoms with van der Waals surface area (Å²) in [7, 11) is -2.48. The Morgan fingerprint density at radius 3 is 2.50 bits per heavy atom. The van der Waals surface area contributed by atoms with Crippen LogP contribution in [0.4, 0.5) is 17.6 Å². The number of allylic oxidation sites excluding steroid dienone is 1. The number of nitrogens with zero attached hydrogens (tertiary/aromatic N) is 6. The van der Waals surface area contributed by atoms with Crippen molar-refractivity contribution in [3.05, 3.63) is 95.1 Å². The highest BCUT2D eigenvalue weighted by molar-refractivity contribution is 7.89. The number of aromatic nitrogens is 5. The number of sulfonamides is 1. The average molecular weight is 657 g/mol. The van der Waals surface area contributed by atoms with Gasteiger partial charge >= 0.3 is 6.18 Å². The highest BCUT2D eigenvalue weighted by atomic mass is 32.2. The number of aryl methyl sites for hydroxylation is 1. The first-order chi connectivity index (χ1) is 21.9. The summed E-state index contributed by atoms with van der Waals surface area (Å²) in [6.07, 6.45) is 3.03. The Kier molecular flexibility index (Phi) is 7.25. The van der Waals surface area contributed by atoms with E-state index in [0.29, 0.717) is 28.9 Å². The third-order valence-electron chi connectivity index (χ3n) is 9.06. The first-order valence-electron chi connectivity index (χ1n) is 14.6. The second-order valence-electron chi connectivity index (χ2n) is 11.9. The summed E-state index contributed by atoms with van der Waals surface area (Å²) < 4.78 is 92.7. The van der Waals surface area contributed by atoms with Crippen LogP contribution in [0.1, 0.15) is 46.6 Å². The Labute approximate surface area is 261 Å². The van der Waals surface area contributed by atoms with Crippen molar-refractivity contribution in [3.63, 3.8) is 0 Å². The minimum Gasteiger partial charge on any atom is -0.378 e. The van der Waals surface area contributed by atoms with Crippen LogP contribution in [0.2, 0.25) is 0 Å². The lowest BCUT2D eigenvalue weighted by Crippen LogP contribution is -2.58.